The maximum absolute atomic E-state index is 9.88. The first-order chi connectivity index (χ1) is 8.66. The molecule has 5 heteroatoms. The first-order valence-electron chi connectivity index (χ1n) is 6.15. The lowest BCUT2D eigenvalue weighted by atomic mass is 10.1. The lowest BCUT2D eigenvalue weighted by Gasteiger charge is -2.06. The van der Waals surface area contributed by atoms with Gasteiger partial charge in [0.25, 0.3) is 0 Å². The summed E-state index contributed by atoms with van der Waals surface area (Å²) < 4.78 is 2.89. The number of fused-ring (bicyclic) bond motifs is 3. The van der Waals surface area contributed by atoms with Crippen molar-refractivity contribution >= 4 is 27.3 Å². The molecule has 2 aliphatic carbocycles. The van der Waals surface area contributed by atoms with E-state index in [4.69, 9.17) is 5.10 Å². The molecule has 0 bridgehead atoms. The van der Waals surface area contributed by atoms with Crippen molar-refractivity contribution in [1.82, 2.24) is 14.6 Å². The molecular formula is C13H12BrN3O. The number of hydrogen-bond donors (Lipinski definition) is 1. The van der Waals surface area contributed by atoms with E-state index in [-0.39, 0.29) is 5.92 Å². The second kappa shape index (κ2) is 3.35. The molecule has 4 rings (SSSR count). The van der Waals surface area contributed by atoms with Gasteiger partial charge in [0.1, 0.15) is 5.76 Å². The summed E-state index contributed by atoms with van der Waals surface area (Å²) in [6.07, 6.45) is 6.01. The monoisotopic (exact) mass is 305 g/mol. The number of allylic oxidation sites excluding steroid dienone is 1. The fourth-order valence-corrected chi connectivity index (χ4v) is 3.32. The Morgan fingerprint density at radius 2 is 2.22 bits per heavy atom. The van der Waals surface area contributed by atoms with Crippen molar-refractivity contribution in [1.29, 1.82) is 0 Å². The van der Waals surface area contributed by atoms with Gasteiger partial charge in [0.05, 0.1) is 21.4 Å². The Labute approximate surface area is 112 Å². The smallest absolute Gasteiger partial charge is 0.169 e. The minimum atomic E-state index is 0.171. The normalized spacial score (nSPS) is 22.3. The molecule has 18 heavy (non-hydrogen) atoms. The molecule has 0 amide bonds. The molecule has 0 saturated heterocycles. The summed E-state index contributed by atoms with van der Waals surface area (Å²) in [6, 6.07) is 0. The van der Waals surface area contributed by atoms with Crippen LogP contribution in [0.5, 0.6) is 0 Å². The van der Waals surface area contributed by atoms with Crippen molar-refractivity contribution < 1.29 is 5.11 Å². The highest BCUT2D eigenvalue weighted by atomic mass is 79.9. The first-order valence-corrected chi connectivity index (χ1v) is 6.94. The lowest BCUT2D eigenvalue weighted by Crippen LogP contribution is -2.03. The zero-order valence-corrected chi connectivity index (χ0v) is 11.5. The van der Waals surface area contributed by atoms with Crippen molar-refractivity contribution in [3.05, 3.63) is 33.7 Å². The first kappa shape index (κ1) is 10.6. The Morgan fingerprint density at radius 1 is 1.44 bits per heavy atom. The molecule has 4 nitrogen and oxygen atoms in total. The van der Waals surface area contributed by atoms with Crippen LogP contribution in [0.1, 0.15) is 48.6 Å². The molecule has 1 fully saturated rings. The van der Waals surface area contributed by atoms with Crippen LogP contribution in [0.15, 0.2) is 16.7 Å². The van der Waals surface area contributed by atoms with Crippen LogP contribution in [0.3, 0.4) is 0 Å². The highest BCUT2D eigenvalue weighted by Gasteiger charge is 2.32. The van der Waals surface area contributed by atoms with E-state index in [1.165, 1.54) is 12.8 Å². The van der Waals surface area contributed by atoms with E-state index >= 15 is 0 Å². The van der Waals surface area contributed by atoms with Gasteiger partial charge in [-0.15, -0.1) is 0 Å². The average Bonchev–Trinajstić information content (AvgIpc) is 3.07. The molecule has 1 N–H and O–H groups in total. The highest BCUT2D eigenvalue weighted by Crippen LogP contribution is 2.44. The third-order valence-electron chi connectivity index (χ3n) is 3.73. The van der Waals surface area contributed by atoms with Crippen LogP contribution in [-0.2, 0) is 0 Å². The second-order valence-electron chi connectivity index (χ2n) is 5.11. The summed E-state index contributed by atoms with van der Waals surface area (Å²) in [4.78, 5) is 4.42. The zero-order valence-electron chi connectivity index (χ0n) is 9.89. The molecular weight excluding hydrogens is 294 g/mol. The molecule has 2 aromatic rings. The molecule has 0 spiro atoms. The predicted octanol–water partition coefficient (Wildman–Crippen LogP) is 3.39. The number of hydrogen-bond acceptors (Lipinski definition) is 3. The van der Waals surface area contributed by atoms with Gasteiger partial charge in [0, 0.05) is 18.0 Å². The minimum absolute atomic E-state index is 0.171. The molecule has 0 radical (unpaired) electrons. The van der Waals surface area contributed by atoms with Crippen LogP contribution in [0.2, 0.25) is 0 Å². The average molecular weight is 306 g/mol. The number of halogens is 1. The Kier molecular flexibility index (Phi) is 1.96. The van der Waals surface area contributed by atoms with Crippen LogP contribution < -0.4 is 0 Å². The molecule has 2 heterocycles. The van der Waals surface area contributed by atoms with Gasteiger partial charge in [0.2, 0.25) is 0 Å². The maximum atomic E-state index is 9.88. The van der Waals surface area contributed by atoms with Crippen LogP contribution >= 0.6 is 15.9 Å². The van der Waals surface area contributed by atoms with Gasteiger partial charge in [-0.05, 0) is 34.8 Å². The summed E-state index contributed by atoms with van der Waals surface area (Å²) in [5.74, 6) is 1.06. The second-order valence-corrected chi connectivity index (χ2v) is 5.90. The molecule has 0 aromatic carbocycles. The quantitative estimate of drug-likeness (QED) is 0.878. The summed E-state index contributed by atoms with van der Waals surface area (Å²) in [6.45, 7) is 2.06. The summed E-state index contributed by atoms with van der Waals surface area (Å²) in [5, 5.41) is 14.6. The molecule has 0 aliphatic heterocycles. The summed E-state index contributed by atoms with van der Waals surface area (Å²) in [7, 11) is 0. The number of aliphatic hydroxyl groups excluding tert-OH is 1. The van der Waals surface area contributed by atoms with E-state index in [9.17, 15) is 5.11 Å². The Morgan fingerprint density at radius 3 is 2.94 bits per heavy atom. The molecule has 1 saturated carbocycles. The number of nitrogens with zero attached hydrogens (tertiary/aromatic N) is 3. The third-order valence-corrected chi connectivity index (χ3v) is 4.49. The Balaban J connectivity index is 2.04. The van der Waals surface area contributed by atoms with Gasteiger partial charge < -0.3 is 5.11 Å². The molecule has 2 aromatic heterocycles. The molecule has 1 atom stereocenters. The van der Waals surface area contributed by atoms with Gasteiger partial charge in [-0.25, -0.2) is 9.50 Å². The summed E-state index contributed by atoms with van der Waals surface area (Å²) in [5.41, 5.74) is 3.79. The number of aliphatic hydroxyl groups is 1. The highest BCUT2D eigenvalue weighted by molar-refractivity contribution is 9.10. The fourth-order valence-electron chi connectivity index (χ4n) is 2.65. The van der Waals surface area contributed by atoms with Gasteiger partial charge in [-0.3, -0.25) is 0 Å². The summed E-state index contributed by atoms with van der Waals surface area (Å²) >= 11 is 3.61. The lowest BCUT2D eigenvalue weighted by molar-refractivity contribution is 0.512. The van der Waals surface area contributed by atoms with Gasteiger partial charge in [-0.2, -0.15) is 5.10 Å². The molecule has 92 valence electrons. The van der Waals surface area contributed by atoms with Gasteiger partial charge >= 0.3 is 0 Å². The van der Waals surface area contributed by atoms with Gasteiger partial charge in [-0.1, -0.05) is 6.92 Å². The standard InChI is InChI=1S/C13H12BrN3O/c1-6-4-9(18)8-5-15-13-10(14)11(7-2-3-7)16-17(13)12(6)8/h4-7,18H,2-3H2,1H3. The largest absolute Gasteiger partial charge is 0.508 e. The van der Waals surface area contributed by atoms with Crippen LogP contribution in [0.25, 0.3) is 11.4 Å². The van der Waals surface area contributed by atoms with Crippen molar-refractivity contribution in [3.8, 4) is 0 Å². The minimum Gasteiger partial charge on any atom is -0.508 e. The van der Waals surface area contributed by atoms with Crippen molar-refractivity contribution in [3.63, 3.8) is 0 Å². The van der Waals surface area contributed by atoms with E-state index in [2.05, 4.69) is 27.8 Å². The van der Waals surface area contributed by atoms with Crippen molar-refractivity contribution in [2.45, 2.75) is 31.6 Å². The van der Waals surface area contributed by atoms with Gasteiger partial charge in [0.15, 0.2) is 5.65 Å². The van der Waals surface area contributed by atoms with Crippen molar-refractivity contribution in [2.24, 2.45) is 0 Å². The van der Waals surface area contributed by atoms with Crippen LogP contribution in [0.4, 0.5) is 0 Å². The number of aromatic nitrogens is 3. The molecule has 2 aliphatic rings. The Bertz CT molecular complexity index is 700. The topological polar surface area (TPSA) is 50.4 Å². The van der Waals surface area contributed by atoms with E-state index < -0.39 is 0 Å². The van der Waals surface area contributed by atoms with E-state index in [1.54, 1.807) is 6.20 Å². The third kappa shape index (κ3) is 1.25. The molecule has 1 unspecified atom stereocenters. The fraction of sp³-hybridized carbons (Fsp3) is 0.385. The van der Waals surface area contributed by atoms with E-state index in [0.717, 1.165) is 27.1 Å². The van der Waals surface area contributed by atoms with E-state index in [1.807, 2.05) is 10.6 Å². The maximum Gasteiger partial charge on any atom is 0.169 e. The van der Waals surface area contributed by atoms with Crippen molar-refractivity contribution in [2.75, 3.05) is 0 Å². The van der Waals surface area contributed by atoms with Crippen LogP contribution in [0, 0.1) is 0 Å². The Hall–Kier alpha value is -1.36. The zero-order chi connectivity index (χ0) is 12.4. The number of rotatable bonds is 1. The van der Waals surface area contributed by atoms with Crippen LogP contribution in [-0.4, -0.2) is 19.7 Å². The SMILES string of the molecule is CC1C=C(O)c2cnc3c(Br)c(C4CC4)nn3c21. The van der Waals surface area contributed by atoms with E-state index in [0.29, 0.717) is 11.7 Å². The predicted molar refractivity (Wildman–Crippen MR) is 71.7 cm³/mol.